The van der Waals surface area contributed by atoms with Gasteiger partial charge in [-0.05, 0) is 34.1 Å². The SMILES string of the molecule is CN(C)[P+](SCC[NH2+]Cc1cc(C(C)(C)C)cc(C(C)(C)C)c1)(N(C)C)N(C)C. The van der Waals surface area contributed by atoms with Crippen molar-refractivity contribution < 1.29 is 5.32 Å². The highest BCUT2D eigenvalue weighted by Gasteiger charge is 2.49. The second kappa shape index (κ2) is 10.4. The summed E-state index contributed by atoms with van der Waals surface area (Å²) in [6, 6.07) is 7.23. The maximum atomic E-state index is 2.47. The molecule has 4 nitrogen and oxygen atoms in total. The Labute approximate surface area is 186 Å². The highest BCUT2D eigenvalue weighted by molar-refractivity contribution is 8.60. The lowest BCUT2D eigenvalue weighted by Gasteiger charge is -2.37. The van der Waals surface area contributed by atoms with Crippen LogP contribution in [-0.2, 0) is 17.4 Å². The van der Waals surface area contributed by atoms with Crippen LogP contribution in [0.1, 0.15) is 58.2 Å². The average molecular weight is 443 g/mol. The van der Waals surface area contributed by atoms with Crippen molar-refractivity contribution >= 4 is 18.3 Å². The summed E-state index contributed by atoms with van der Waals surface area (Å²) < 4.78 is 7.21. The van der Waals surface area contributed by atoms with E-state index in [4.69, 9.17) is 0 Å². The Balaban J connectivity index is 2.82. The number of nitrogens with two attached hydrogens (primary N) is 1. The van der Waals surface area contributed by atoms with Gasteiger partial charge in [-0.3, -0.25) is 0 Å². The van der Waals surface area contributed by atoms with Gasteiger partial charge in [0.2, 0.25) is 0 Å². The van der Waals surface area contributed by atoms with Gasteiger partial charge in [0.1, 0.15) is 6.54 Å². The predicted molar refractivity (Wildman–Crippen MR) is 135 cm³/mol. The van der Waals surface area contributed by atoms with E-state index < -0.39 is 6.92 Å². The van der Waals surface area contributed by atoms with Gasteiger partial charge in [-0.1, -0.05) is 47.6 Å². The van der Waals surface area contributed by atoms with Crippen LogP contribution >= 0.6 is 18.3 Å². The number of benzene rings is 1. The Hall–Kier alpha value is -0.160. The standard InChI is InChI=1S/C23H46N4PS/c1-22(2,3)20-15-19(16-21(17-20)23(4,5)6)18-24-13-14-29-28(25(7)8,26(9)10)27(11)12/h15-17,24H,13-14,18H2,1-12H3/q+1/p+1. The third kappa shape index (κ3) is 7.19. The molecular weight excluding hydrogens is 395 g/mol. The zero-order chi connectivity index (χ0) is 22.6. The normalized spacial score (nSPS) is 13.8. The number of hydrogen-bond acceptors (Lipinski definition) is 4. The van der Waals surface area contributed by atoms with Crippen LogP contribution in [0.2, 0.25) is 0 Å². The van der Waals surface area contributed by atoms with E-state index in [1.165, 1.54) is 16.7 Å². The zero-order valence-electron chi connectivity index (χ0n) is 21.1. The molecule has 0 aromatic heterocycles. The quantitative estimate of drug-likeness (QED) is 0.452. The topological polar surface area (TPSA) is 26.3 Å². The lowest BCUT2D eigenvalue weighted by Crippen LogP contribution is -2.83. The minimum Gasteiger partial charge on any atom is -0.342 e. The van der Waals surface area contributed by atoms with E-state index in [9.17, 15) is 0 Å². The van der Waals surface area contributed by atoms with Crippen LogP contribution in [0.15, 0.2) is 18.2 Å². The minimum atomic E-state index is -1.49. The largest absolute Gasteiger partial charge is 0.342 e. The minimum absolute atomic E-state index is 0.180. The van der Waals surface area contributed by atoms with E-state index in [-0.39, 0.29) is 10.8 Å². The monoisotopic (exact) mass is 442 g/mol. The number of rotatable bonds is 9. The Bertz CT molecular complexity index is 591. The van der Waals surface area contributed by atoms with Gasteiger partial charge < -0.3 is 5.32 Å². The summed E-state index contributed by atoms with van der Waals surface area (Å²) in [5, 5.41) is 2.47. The Morgan fingerprint density at radius 3 is 1.52 bits per heavy atom. The van der Waals surface area contributed by atoms with Crippen LogP contribution < -0.4 is 5.32 Å². The molecule has 1 rings (SSSR count). The van der Waals surface area contributed by atoms with Gasteiger partial charge in [0.25, 0.3) is 6.92 Å². The van der Waals surface area contributed by atoms with Crippen LogP contribution in [0.4, 0.5) is 0 Å². The molecule has 0 aliphatic heterocycles. The molecule has 0 saturated carbocycles. The van der Waals surface area contributed by atoms with E-state index in [2.05, 4.69) is 133 Å². The molecule has 29 heavy (non-hydrogen) atoms. The van der Waals surface area contributed by atoms with E-state index in [1.807, 2.05) is 0 Å². The summed E-state index contributed by atoms with van der Waals surface area (Å²) in [5.41, 5.74) is 4.69. The lowest BCUT2D eigenvalue weighted by atomic mass is 9.79. The summed E-state index contributed by atoms with van der Waals surface area (Å²) in [4.78, 5) is 0. The molecule has 0 bridgehead atoms. The fourth-order valence-corrected chi connectivity index (χ4v) is 10.1. The van der Waals surface area contributed by atoms with E-state index in [1.54, 1.807) is 0 Å². The van der Waals surface area contributed by atoms with Gasteiger partial charge >= 0.3 is 0 Å². The fraction of sp³-hybridized carbons (Fsp3) is 0.739. The van der Waals surface area contributed by atoms with Crippen molar-refractivity contribution in [2.75, 3.05) is 54.6 Å². The molecule has 6 heteroatoms. The molecule has 0 aliphatic rings. The summed E-state index contributed by atoms with van der Waals surface area (Å²) >= 11 is 2.10. The van der Waals surface area contributed by atoms with Crippen LogP contribution in [0, 0.1) is 0 Å². The molecule has 0 heterocycles. The third-order valence-electron chi connectivity index (χ3n) is 5.25. The third-order valence-corrected chi connectivity index (χ3v) is 13.7. The number of quaternary nitrogens is 1. The Kier molecular flexibility index (Phi) is 9.67. The highest BCUT2D eigenvalue weighted by atomic mass is 32.7. The first kappa shape index (κ1) is 26.9. The molecule has 1 aromatic carbocycles. The van der Waals surface area contributed by atoms with Crippen molar-refractivity contribution in [1.29, 1.82) is 0 Å². The first-order valence-electron chi connectivity index (χ1n) is 10.7. The summed E-state index contributed by atoms with van der Waals surface area (Å²) in [6.07, 6.45) is 0. The van der Waals surface area contributed by atoms with Crippen LogP contribution in [-0.4, -0.2) is 68.6 Å². The molecule has 0 spiro atoms. The Morgan fingerprint density at radius 1 is 0.759 bits per heavy atom. The van der Waals surface area contributed by atoms with Gasteiger partial charge in [0.15, 0.2) is 0 Å². The van der Waals surface area contributed by atoms with Crippen molar-refractivity contribution in [2.45, 2.75) is 58.9 Å². The van der Waals surface area contributed by atoms with Gasteiger partial charge in [-0.15, -0.1) is 14.0 Å². The molecule has 0 aliphatic carbocycles. The highest BCUT2D eigenvalue weighted by Crippen LogP contribution is 2.73. The molecule has 168 valence electrons. The molecule has 0 unspecified atom stereocenters. The zero-order valence-corrected chi connectivity index (χ0v) is 22.8. The maximum Gasteiger partial charge on any atom is 0.289 e. The van der Waals surface area contributed by atoms with Crippen LogP contribution in [0.3, 0.4) is 0 Å². The maximum absolute atomic E-state index is 2.47. The molecule has 0 atom stereocenters. The lowest BCUT2D eigenvalue weighted by molar-refractivity contribution is -0.666. The van der Waals surface area contributed by atoms with Gasteiger partial charge in [-0.2, -0.15) is 0 Å². The number of nitrogens with zero attached hydrogens (tertiary/aromatic N) is 3. The van der Waals surface area contributed by atoms with Crippen molar-refractivity contribution in [3.63, 3.8) is 0 Å². The molecule has 0 radical (unpaired) electrons. The van der Waals surface area contributed by atoms with E-state index in [0.29, 0.717) is 0 Å². The van der Waals surface area contributed by atoms with E-state index >= 15 is 0 Å². The van der Waals surface area contributed by atoms with Crippen LogP contribution in [0.25, 0.3) is 0 Å². The average Bonchev–Trinajstić information content (AvgIpc) is 2.55. The second-order valence-electron chi connectivity index (χ2n) is 10.6. The van der Waals surface area contributed by atoms with Crippen molar-refractivity contribution in [3.05, 3.63) is 34.9 Å². The summed E-state index contributed by atoms with van der Waals surface area (Å²) in [5.74, 6) is 1.15. The first-order chi connectivity index (χ1) is 13.1. The first-order valence-corrected chi connectivity index (χ1v) is 13.9. The fourth-order valence-electron chi connectivity index (χ4n) is 3.62. The molecule has 0 amide bonds. The summed E-state index contributed by atoms with van der Waals surface area (Å²) in [6.45, 7) is 14.6. The smallest absolute Gasteiger partial charge is 0.289 e. The van der Waals surface area contributed by atoms with E-state index in [0.717, 1.165) is 18.8 Å². The number of hydrogen-bond donors (Lipinski definition) is 1. The molecule has 0 saturated heterocycles. The second-order valence-corrected chi connectivity index (χ2v) is 16.9. The van der Waals surface area contributed by atoms with Crippen LogP contribution in [0.5, 0.6) is 0 Å². The van der Waals surface area contributed by atoms with Crippen molar-refractivity contribution in [2.24, 2.45) is 0 Å². The molecular formula is C23H47N4PS+2. The summed E-state index contributed by atoms with van der Waals surface area (Å²) in [7, 11) is 13.2. The Morgan fingerprint density at radius 2 is 1.17 bits per heavy atom. The van der Waals surface area contributed by atoms with Gasteiger partial charge in [-0.25, -0.2) is 0 Å². The van der Waals surface area contributed by atoms with Gasteiger partial charge in [0.05, 0.1) is 23.7 Å². The molecule has 1 aromatic rings. The van der Waals surface area contributed by atoms with Gasteiger partial charge in [0, 0.05) is 47.8 Å². The predicted octanol–water partition coefficient (Wildman–Crippen LogP) is 4.44. The van der Waals surface area contributed by atoms with Crippen molar-refractivity contribution in [1.82, 2.24) is 14.0 Å². The molecule has 0 fully saturated rings. The molecule has 2 N–H and O–H groups in total. The van der Waals surface area contributed by atoms with Crippen molar-refractivity contribution in [3.8, 4) is 0 Å².